The van der Waals surface area contributed by atoms with Crippen molar-refractivity contribution >= 4 is 45.4 Å². The number of benzene rings is 1. The Morgan fingerprint density at radius 1 is 1.21 bits per heavy atom. The highest BCUT2D eigenvalue weighted by Gasteiger charge is 2.11. The second-order valence-corrected chi connectivity index (χ2v) is 7.33. The smallest absolute Gasteiger partial charge is 0.247 e. The minimum Gasteiger partial charge on any atom is -0.361 e. The van der Waals surface area contributed by atoms with E-state index in [0.29, 0.717) is 16.6 Å². The first-order chi connectivity index (χ1) is 13.7. The number of carbonyl (C=O) groups excluding carboxylic acids is 2. The van der Waals surface area contributed by atoms with Crippen molar-refractivity contribution in [2.45, 2.75) is 39.0 Å². The summed E-state index contributed by atoms with van der Waals surface area (Å²) in [5.41, 5.74) is 4.38. The van der Waals surface area contributed by atoms with E-state index in [1.54, 1.807) is 6.21 Å². The van der Waals surface area contributed by atoms with Crippen LogP contribution in [0.1, 0.15) is 43.2 Å². The van der Waals surface area contributed by atoms with E-state index in [0.717, 1.165) is 35.7 Å². The number of unbranched alkanes of at least 4 members (excludes halogenated alkanes) is 2. The molecule has 2 heterocycles. The fraction of sp³-hybridized carbons (Fsp3) is 0.316. The highest BCUT2D eigenvalue weighted by atomic mass is 32.1. The number of nitrogens with zero attached hydrogens (tertiary/aromatic N) is 3. The van der Waals surface area contributed by atoms with E-state index >= 15 is 0 Å². The van der Waals surface area contributed by atoms with Crippen LogP contribution in [0.2, 0.25) is 0 Å². The number of para-hydroxylation sites is 1. The maximum Gasteiger partial charge on any atom is 0.247 e. The molecule has 28 heavy (non-hydrogen) atoms. The second kappa shape index (κ2) is 9.75. The summed E-state index contributed by atoms with van der Waals surface area (Å²) < 4.78 is 0. The lowest BCUT2D eigenvalue weighted by molar-refractivity contribution is -0.120. The first-order valence-electron chi connectivity index (χ1n) is 9.16. The van der Waals surface area contributed by atoms with E-state index in [4.69, 9.17) is 0 Å². The molecule has 0 atom stereocenters. The van der Waals surface area contributed by atoms with Crippen molar-refractivity contribution in [1.29, 1.82) is 0 Å². The molecule has 0 unspecified atom stereocenters. The summed E-state index contributed by atoms with van der Waals surface area (Å²) in [7, 11) is 0. The number of nitrogens with one attached hydrogen (secondary N) is 3. The summed E-state index contributed by atoms with van der Waals surface area (Å²) in [4.78, 5) is 27.0. The molecule has 8 nitrogen and oxygen atoms in total. The Labute approximate surface area is 166 Å². The zero-order valence-electron chi connectivity index (χ0n) is 15.6. The van der Waals surface area contributed by atoms with Gasteiger partial charge in [0.25, 0.3) is 0 Å². The van der Waals surface area contributed by atoms with Gasteiger partial charge in [-0.05, 0) is 12.5 Å². The zero-order valence-corrected chi connectivity index (χ0v) is 16.4. The SMILES string of the molecule is CCCCCC(=O)Nc1nnc(CC(=O)N/N=C\c2c[nH]c3ccccc23)s1. The summed E-state index contributed by atoms with van der Waals surface area (Å²) in [6.45, 7) is 2.09. The van der Waals surface area contributed by atoms with E-state index in [9.17, 15) is 9.59 Å². The minimum atomic E-state index is -0.298. The number of aromatic amines is 1. The minimum absolute atomic E-state index is 0.0502. The third-order valence-electron chi connectivity index (χ3n) is 4.05. The number of aromatic nitrogens is 3. The van der Waals surface area contributed by atoms with Crippen LogP contribution in [-0.2, 0) is 16.0 Å². The zero-order chi connectivity index (χ0) is 19.8. The summed E-state index contributed by atoms with van der Waals surface area (Å²) in [5.74, 6) is -0.378. The van der Waals surface area contributed by atoms with Gasteiger partial charge >= 0.3 is 0 Å². The van der Waals surface area contributed by atoms with Crippen LogP contribution in [0.5, 0.6) is 0 Å². The lowest BCUT2D eigenvalue weighted by Crippen LogP contribution is -2.19. The van der Waals surface area contributed by atoms with Crippen LogP contribution in [0, 0.1) is 0 Å². The molecule has 0 saturated carbocycles. The molecule has 0 bridgehead atoms. The standard InChI is InChI=1S/C19H22N6O2S/c1-2-3-4-9-16(26)22-19-25-24-18(28-19)10-17(27)23-21-12-13-11-20-15-8-6-5-7-14(13)15/h5-8,11-12,20H,2-4,9-10H2,1H3,(H,23,27)(H,22,25,26)/b21-12-. The van der Waals surface area contributed by atoms with Crippen LogP contribution < -0.4 is 10.7 Å². The fourth-order valence-corrected chi connectivity index (χ4v) is 3.40. The molecular formula is C19H22N6O2S. The predicted molar refractivity (Wildman–Crippen MR) is 110 cm³/mol. The van der Waals surface area contributed by atoms with Gasteiger partial charge < -0.3 is 10.3 Å². The van der Waals surface area contributed by atoms with Gasteiger partial charge in [0.1, 0.15) is 5.01 Å². The number of H-pyrrole nitrogens is 1. The maximum absolute atomic E-state index is 12.0. The van der Waals surface area contributed by atoms with Gasteiger partial charge in [0.2, 0.25) is 16.9 Å². The molecular weight excluding hydrogens is 376 g/mol. The molecule has 2 aromatic heterocycles. The number of fused-ring (bicyclic) bond motifs is 1. The van der Waals surface area contributed by atoms with Gasteiger partial charge in [-0.25, -0.2) is 5.43 Å². The average Bonchev–Trinajstić information content (AvgIpc) is 3.29. The summed E-state index contributed by atoms with van der Waals surface area (Å²) in [6.07, 6.45) is 6.88. The first-order valence-corrected chi connectivity index (χ1v) is 9.97. The molecule has 3 aromatic rings. The third kappa shape index (κ3) is 5.46. The molecule has 0 saturated heterocycles. The Bertz CT molecular complexity index is 978. The molecule has 0 aliphatic heterocycles. The number of hydrazone groups is 1. The maximum atomic E-state index is 12.0. The van der Waals surface area contributed by atoms with E-state index in [2.05, 4.69) is 37.9 Å². The third-order valence-corrected chi connectivity index (χ3v) is 4.89. The number of hydrogen-bond acceptors (Lipinski definition) is 6. The van der Waals surface area contributed by atoms with Gasteiger partial charge in [-0.3, -0.25) is 9.59 Å². The molecule has 2 amide bonds. The summed E-state index contributed by atoms with van der Waals surface area (Å²) in [6, 6.07) is 7.85. The largest absolute Gasteiger partial charge is 0.361 e. The molecule has 146 valence electrons. The molecule has 3 rings (SSSR count). The van der Waals surface area contributed by atoms with Crippen molar-refractivity contribution in [2.75, 3.05) is 5.32 Å². The lowest BCUT2D eigenvalue weighted by Gasteiger charge is -1.99. The van der Waals surface area contributed by atoms with Gasteiger partial charge in [-0.2, -0.15) is 5.10 Å². The van der Waals surface area contributed by atoms with Crippen LogP contribution in [0.25, 0.3) is 10.9 Å². The molecule has 1 aromatic carbocycles. The van der Waals surface area contributed by atoms with Crippen LogP contribution in [0.15, 0.2) is 35.6 Å². The molecule has 0 aliphatic carbocycles. The van der Waals surface area contributed by atoms with Crippen molar-refractivity contribution in [3.05, 3.63) is 41.0 Å². The normalized spacial score (nSPS) is 11.2. The number of carbonyl (C=O) groups is 2. The van der Waals surface area contributed by atoms with E-state index < -0.39 is 0 Å². The summed E-state index contributed by atoms with van der Waals surface area (Å²) in [5, 5.41) is 16.5. The van der Waals surface area contributed by atoms with E-state index in [1.165, 1.54) is 11.3 Å². The molecule has 0 radical (unpaired) electrons. The first kappa shape index (κ1) is 19.7. The number of anilines is 1. The fourth-order valence-electron chi connectivity index (χ4n) is 2.64. The Morgan fingerprint density at radius 2 is 2.07 bits per heavy atom. The van der Waals surface area contributed by atoms with Crippen LogP contribution >= 0.6 is 11.3 Å². The number of hydrogen-bond donors (Lipinski definition) is 3. The second-order valence-electron chi connectivity index (χ2n) is 6.27. The molecule has 0 aliphatic rings. The van der Waals surface area contributed by atoms with Crippen LogP contribution in [0.4, 0.5) is 5.13 Å². The quantitative estimate of drug-likeness (QED) is 0.292. The van der Waals surface area contributed by atoms with Crippen LogP contribution in [0.3, 0.4) is 0 Å². The number of amides is 2. The molecule has 0 fully saturated rings. The molecule has 3 N–H and O–H groups in total. The Balaban J connectivity index is 1.47. The Kier molecular flexibility index (Phi) is 6.85. The highest BCUT2D eigenvalue weighted by molar-refractivity contribution is 7.15. The predicted octanol–water partition coefficient (Wildman–Crippen LogP) is 3.23. The van der Waals surface area contributed by atoms with Crippen molar-refractivity contribution in [3.63, 3.8) is 0 Å². The van der Waals surface area contributed by atoms with Gasteiger partial charge in [-0.1, -0.05) is 49.3 Å². The van der Waals surface area contributed by atoms with Gasteiger partial charge in [0.05, 0.1) is 12.6 Å². The summed E-state index contributed by atoms with van der Waals surface area (Å²) >= 11 is 1.19. The molecule has 9 heteroatoms. The average molecular weight is 398 g/mol. The van der Waals surface area contributed by atoms with Gasteiger partial charge in [0.15, 0.2) is 0 Å². The Hall–Kier alpha value is -3.07. The topological polar surface area (TPSA) is 112 Å². The van der Waals surface area contributed by atoms with E-state index in [-0.39, 0.29) is 18.2 Å². The van der Waals surface area contributed by atoms with Crippen molar-refractivity contribution in [2.24, 2.45) is 5.10 Å². The van der Waals surface area contributed by atoms with Crippen molar-refractivity contribution in [1.82, 2.24) is 20.6 Å². The lowest BCUT2D eigenvalue weighted by atomic mass is 10.2. The van der Waals surface area contributed by atoms with Crippen molar-refractivity contribution in [3.8, 4) is 0 Å². The van der Waals surface area contributed by atoms with Crippen molar-refractivity contribution < 1.29 is 9.59 Å². The van der Waals surface area contributed by atoms with Gasteiger partial charge in [-0.15, -0.1) is 10.2 Å². The monoisotopic (exact) mass is 398 g/mol. The number of rotatable bonds is 9. The van der Waals surface area contributed by atoms with Gasteiger partial charge in [0, 0.05) is 29.1 Å². The van der Waals surface area contributed by atoms with E-state index in [1.807, 2.05) is 30.5 Å². The molecule has 0 spiro atoms. The van der Waals surface area contributed by atoms with Crippen LogP contribution in [-0.4, -0.2) is 33.2 Å². The highest BCUT2D eigenvalue weighted by Crippen LogP contribution is 2.17. The Morgan fingerprint density at radius 3 is 2.93 bits per heavy atom.